The molecule has 0 aliphatic heterocycles. The van der Waals surface area contributed by atoms with Gasteiger partial charge >= 0.3 is 6.61 Å². The predicted molar refractivity (Wildman–Crippen MR) is 95.7 cm³/mol. The first-order valence-electron chi connectivity index (χ1n) is 8.49. The number of Topliss-reactive ketones (excluding diaryl/α,β-unsaturated/α-hetero) is 1. The van der Waals surface area contributed by atoms with Gasteiger partial charge in [0, 0.05) is 12.1 Å². The lowest BCUT2D eigenvalue weighted by molar-refractivity contribution is -0.118. The van der Waals surface area contributed by atoms with E-state index in [-0.39, 0.29) is 24.1 Å². The molecule has 27 heavy (non-hydrogen) atoms. The minimum Gasteiger partial charge on any atom is -0.483 e. The van der Waals surface area contributed by atoms with Gasteiger partial charge in [-0.15, -0.1) is 0 Å². The Bertz CT molecular complexity index is 865. The van der Waals surface area contributed by atoms with Gasteiger partial charge in [-0.05, 0) is 54.3 Å². The van der Waals surface area contributed by atoms with E-state index < -0.39 is 12.5 Å². The molecule has 0 bridgehead atoms. The molecule has 1 aliphatic rings. The van der Waals surface area contributed by atoms with Crippen molar-refractivity contribution in [2.45, 2.75) is 32.8 Å². The zero-order valence-corrected chi connectivity index (χ0v) is 14.9. The summed E-state index contributed by atoms with van der Waals surface area (Å²) in [5, 5.41) is 2.60. The van der Waals surface area contributed by atoms with Crippen LogP contribution in [0.3, 0.4) is 0 Å². The van der Waals surface area contributed by atoms with Crippen LogP contribution in [0.5, 0.6) is 11.5 Å². The molecule has 0 heterocycles. The molecule has 0 radical (unpaired) electrons. The number of ether oxygens (including phenoxy) is 2. The van der Waals surface area contributed by atoms with Gasteiger partial charge in [0.05, 0.1) is 5.56 Å². The number of carbonyl (C=O) groups excluding carboxylic acids is 2. The first-order chi connectivity index (χ1) is 12.8. The first kappa shape index (κ1) is 18.8. The average molecular weight is 375 g/mol. The summed E-state index contributed by atoms with van der Waals surface area (Å²) < 4.78 is 34.1. The fourth-order valence-electron chi connectivity index (χ4n) is 3.29. The third-order valence-electron chi connectivity index (χ3n) is 4.41. The Morgan fingerprint density at radius 2 is 1.93 bits per heavy atom. The highest BCUT2D eigenvalue weighted by molar-refractivity contribution is 6.04. The number of anilines is 1. The molecular formula is C20H19F2NO4. The Morgan fingerprint density at radius 3 is 2.59 bits per heavy atom. The van der Waals surface area contributed by atoms with E-state index in [1.165, 1.54) is 24.3 Å². The molecule has 0 saturated carbocycles. The minimum absolute atomic E-state index is 0.00194. The minimum atomic E-state index is -2.90. The van der Waals surface area contributed by atoms with Crippen LogP contribution in [0, 0.1) is 6.92 Å². The molecule has 1 aliphatic carbocycles. The summed E-state index contributed by atoms with van der Waals surface area (Å²) in [5.74, 6) is 0.137. The Kier molecular flexibility index (Phi) is 5.39. The summed E-state index contributed by atoms with van der Waals surface area (Å²) in [4.78, 5) is 24.3. The summed E-state index contributed by atoms with van der Waals surface area (Å²) in [7, 11) is 0. The molecule has 5 nitrogen and oxygen atoms in total. The number of halogens is 2. The zero-order valence-electron chi connectivity index (χ0n) is 14.9. The van der Waals surface area contributed by atoms with Crippen LogP contribution in [-0.2, 0) is 4.79 Å². The summed E-state index contributed by atoms with van der Waals surface area (Å²) in [5.41, 5.74) is 2.99. The van der Waals surface area contributed by atoms with Crippen LogP contribution < -0.4 is 14.8 Å². The Hall–Kier alpha value is -2.96. The average Bonchev–Trinajstić information content (AvgIpc) is 2.91. The standard InChI is InChI=1S/C20H19F2NO4/c1-11-3-8-16(19-15(24)9-12(2)18(11)19)26-10-17(25)23-13-4-6-14(7-5-13)27-20(21)22/h3-8,12,20H,9-10H2,1-2H3,(H,23,25)/t12-/m1/s1. The van der Waals surface area contributed by atoms with E-state index in [2.05, 4.69) is 10.1 Å². The molecule has 2 aromatic rings. The van der Waals surface area contributed by atoms with Crippen molar-refractivity contribution in [1.29, 1.82) is 0 Å². The first-order valence-corrected chi connectivity index (χ1v) is 8.49. The molecule has 3 rings (SSSR count). The normalized spacial score (nSPS) is 15.6. The van der Waals surface area contributed by atoms with E-state index in [1.807, 2.05) is 19.9 Å². The Balaban J connectivity index is 1.63. The number of ketones is 1. The second-order valence-corrected chi connectivity index (χ2v) is 6.44. The largest absolute Gasteiger partial charge is 0.483 e. The van der Waals surface area contributed by atoms with Gasteiger partial charge < -0.3 is 14.8 Å². The van der Waals surface area contributed by atoms with Gasteiger partial charge in [-0.3, -0.25) is 9.59 Å². The molecular weight excluding hydrogens is 356 g/mol. The lowest BCUT2D eigenvalue weighted by atomic mass is 9.97. The van der Waals surface area contributed by atoms with Gasteiger partial charge in [0.15, 0.2) is 12.4 Å². The van der Waals surface area contributed by atoms with Crippen molar-refractivity contribution in [3.05, 3.63) is 53.1 Å². The molecule has 0 unspecified atom stereocenters. The second kappa shape index (κ2) is 7.73. The van der Waals surface area contributed by atoms with Crippen LogP contribution in [0.25, 0.3) is 0 Å². The topological polar surface area (TPSA) is 64.6 Å². The van der Waals surface area contributed by atoms with E-state index in [0.717, 1.165) is 11.1 Å². The van der Waals surface area contributed by atoms with Crippen molar-refractivity contribution >= 4 is 17.4 Å². The van der Waals surface area contributed by atoms with Crippen molar-refractivity contribution in [2.75, 3.05) is 11.9 Å². The summed E-state index contributed by atoms with van der Waals surface area (Å²) in [6.07, 6.45) is 0.440. The SMILES string of the molecule is Cc1ccc(OCC(=O)Nc2ccc(OC(F)F)cc2)c2c1[C@H](C)CC2=O. The lowest BCUT2D eigenvalue weighted by Crippen LogP contribution is -2.20. The molecule has 0 fully saturated rings. The Labute approximate surface area is 155 Å². The van der Waals surface area contributed by atoms with Crippen LogP contribution in [-0.4, -0.2) is 24.9 Å². The smallest absolute Gasteiger partial charge is 0.387 e. The lowest BCUT2D eigenvalue weighted by Gasteiger charge is -2.13. The van der Waals surface area contributed by atoms with Crippen LogP contribution in [0.15, 0.2) is 36.4 Å². The van der Waals surface area contributed by atoms with Crippen LogP contribution in [0.4, 0.5) is 14.5 Å². The van der Waals surface area contributed by atoms with Gasteiger partial charge in [-0.25, -0.2) is 0 Å². The van der Waals surface area contributed by atoms with Crippen molar-refractivity contribution in [1.82, 2.24) is 0 Å². The number of hydrogen-bond acceptors (Lipinski definition) is 4. The highest BCUT2D eigenvalue weighted by Gasteiger charge is 2.31. The van der Waals surface area contributed by atoms with Crippen molar-refractivity contribution in [3.8, 4) is 11.5 Å². The number of alkyl halides is 2. The zero-order chi connectivity index (χ0) is 19.6. The predicted octanol–water partition coefficient (Wildman–Crippen LogP) is 4.30. The fourth-order valence-corrected chi connectivity index (χ4v) is 3.29. The van der Waals surface area contributed by atoms with E-state index in [0.29, 0.717) is 23.4 Å². The van der Waals surface area contributed by atoms with Crippen molar-refractivity contribution < 1.29 is 27.8 Å². The number of amides is 1. The van der Waals surface area contributed by atoms with Crippen LogP contribution in [0.2, 0.25) is 0 Å². The van der Waals surface area contributed by atoms with E-state index in [9.17, 15) is 18.4 Å². The molecule has 142 valence electrons. The number of nitrogens with one attached hydrogen (secondary N) is 1. The molecule has 1 atom stereocenters. The van der Waals surface area contributed by atoms with E-state index in [4.69, 9.17) is 4.74 Å². The summed E-state index contributed by atoms with van der Waals surface area (Å²) in [6, 6.07) is 9.14. The fraction of sp³-hybridized carbons (Fsp3) is 0.300. The van der Waals surface area contributed by atoms with Crippen molar-refractivity contribution in [3.63, 3.8) is 0 Å². The Morgan fingerprint density at radius 1 is 1.22 bits per heavy atom. The molecule has 0 spiro atoms. The van der Waals surface area contributed by atoms with Gasteiger partial charge in [-0.1, -0.05) is 13.0 Å². The molecule has 1 N–H and O–H groups in total. The highest BCUT2D eigenvalue weighted by Crippen LogP contribution is 2.40. The molecule has 2 aromatic carbocycles. The second-order valence-electron chi connectivity index (χ2n) is 6.44. The maximum Gasteiger partial charge on any atom is 0.387 e. The van der Waals surface area contributed by atoms with E-state index in [1.54, 1.807) is 6.07 Å². The molecule has 0 saturated heterocycles. The van der Waals surface area contributed by atoms with E-state index >= 15 is 0 Å². The monoisotopic (exact) mass is 375 g/mol. The van der Waals surface area contributed by atoms with Gasteiger partial charge in [-0.2, -0.15) is 8.78 Å². The number of benzene rings is 2. The summed E-state index contributed by atoms with van der Waals surface area (Å²) >= 11 is 0. The number of rotatable bonds is 6. The van der Waals surface area contributed by atoms with Crippen molar-refractivity contribution in [2.24, 2.45) is 0 Å². The quantitative estimate of drug-likeness (QED) is 0.817. The maximum absolute atomic E-state index is 12.2. The highest BCUT2D eigenvalue weighted by atomic mass is 19.3. The number of carbonyl (C=O) groups is 2. The molecule has 7 heteroatoms. The summed E-state index contributed by atoms with van der Waals surface area (Å²) in [6.45, 7) is 0.771. The third-order valence-corrected chi connectivity index (χ3v) is 4.41. The van der Waals surface area contributed by atoms with Crippen LogP contribution >= 0.6 is 0 Å². The maximum atomic E-state index is 12.2. The number of fused-ring (bicyclic) bond motifs is 1. The van der Waals surface area contributed by atoms with Gasteiger partial charge in [0.25, 0.3) is 5.91 Å². The molecule has 0 aromatic heterocycles. The molecule has 1 amide bonds. The van der Waals surface area contributed by atoms with Gasteiger partial charge in [0.1, 0.15) is 11.5 Å². The number of aryl methyl sites for hydroxylation is 1. The van der Waals surface area contributed by atoms with Crippen LogP contribution in [0.1, 0.15) is 40.7 Å². The number of hydrogen-bond donors (Lipinski definition) is 1. The van der Waals surface area contributed by atoms with Gasteiger partial charge in [0.2, 0.25) is 0 Å². The third kappa shape index (κ3) is 4.24.